The average Bonchev–Trinajstić information content (AvgIpc) is 4.27. The van der Waals surface area contributed by atoms with Crippen LogP contribution in [0.3, 0.4) is 0 Å². The van der Waals surface area contributed by atoms with E-state index in [4.69, 9.17) is 0 Å². The fourth-order valence-electron chi connectivity index (χ4n) is 9.19. The molecular weight excluding hydrogens is 1040 g/mol. The second-order valence-electron chi connectivity index (χ2n) is 23.3. The molecule has 9 aromatic heterocycles. The van der Waals surface area contributed by atoms with Gasteiger partial charge in [-0.25, -0.2) is 19.9 Å². The molecule has 0 fully saturated rings. The van der Waals surface area contributed by atoms with Crippen molar-refractivity contribution in [3.63, 3.8) is 0 Å². The minimum atomic E-state index is 1.09. The molecule has 0 saturated carbocycles. The highest BCUT2D eigenvalue weighted by molar-refractivity contribution is 5.36. The second kappa shape index (κ2) is 31.8. The Morgan fingerprint density at radius 2 is 0.321 bits per heavy atom. The van der Waals surface area contributed by atoms with Crippen molar-refractivity contribution >= 4 is 0 Å². The van der Waals surface area contributed by atoms with Crippen molar-refractivity contribution in [2.24, 2.45) is 63.4 Å². The van der Waals surface area contributed by atoms with Gasteiger partial charge in [-0.15, -0.1) is 0 Å². The zero-order valence-corrected chi connectivity index (χ0v) is 60.7. The van der Waals surface area contributed by atoms with Gasteiger partial charge in [-0.2, -0.15) is 10.2 Å². The van der Waals surface area contributed by atoms with E-state index >= 15 is 0 Å². The summed E-state index contributed by atoms with van der Waals surface area (Å²) in [5, 5.41) is 8.45. The first kappa shape index (κ1) is 75.1. The molecule has 0 amide bonds. The molecule has 0 N–H and O–H groups in total. The molecule has 15 nitrogen and oxygen atoms in total. The van der Waals surface area contributed by atoms with Crippen LogP contribution in [-0.4, -0.2) is 71.5 Å². The summed E-state index contributed by atoms with van der Waals surface area (Å²) < 4.78 is 18.9. The largest absolute Gasteiger partial charge is 0.352 e. The molecule has 0 bridgehead atoms. The van der Waals surface area contributed by atoms with E-state index in [1.807, 2.05) is 121 Å². The summed E-state index contributed by atoms with van der Waals surface area (Å²) in [4.78, 5) is 17.1. The molecule has 0 aromatic carbocycles. The van der Waals surface area contributed by atoms with Crippen molar-refractivity contribution < 1.29 is 0 Å². The van der Waals surface area contributed by atoms with Crippen molar-refractivity contribution in [2.45, 2.75) is 208 Å². The van der Waals surface area contributed by atoms with Crippen LogP contribution in [0.25, 0.3) is 0 Å². The summed E-state index contributed by atoms with van der Waals surface area (Å²) >= 11 is 0. The number of nitrogens with zero attached hydrogens (tertiary/aromatic N) is 15. The lowest BCUT2D eigenvalue weighted by atomic mass is 10.2. The first-order valence-electron chi connectivity index (χ1n) is 29.5. The van der Waals surface area contributed by atoms with Gasteiger partial charge in [0.1, 0.15) is 23.3 Å². The van der Waals surface area contributed by atoms with Crippen molar-refractivity contribution in [3.05, 3.63) is 170 Å². The van der Waals surface area contributed by atoms with Gasteiger partial charge in [-0.1, -0.05) is 0 Å². The number of aromatic nitrogens is 15. The van der Waals surface area contributed by atoms with Crippen molar-refractivity contribution in [3.8, 4) is 0 Å². The van der Waals surface area contributed by atoms with Crippen LogP contribution in [0.4, 0.5) is 0 Å². The van der Waals surface area contributed by atoms with E-state index in [0.29, 0.717) is 0 Å². The second-order valence-corrected chi connectivity index (χ2v) is 23.3. The summed E-state index contributed by atoms with van der Waals surface area (Å²) in [6.07, 6.45) is 0. The Balaban J connectivity index is 0.000000473. The van der Waals surface area contributed by atoms with Gasteiger partial charge in [0.05, 0.1) is 34.2 Å². The maximum Gasteiger partial charge on any atom is 0.105 e. The molecule has 468 valence electrons. The van der Waals surface area contributed by atoms with Crippen LogP contribution in [0.15, 0.2) is 0 Å². The molecule has 9 rings (SSSR count). The predicted molar refractivity (Wildman–Crippen MR) is 358 cm³/mol. The number of hydrogen-bond donors (Lipinski definition) is 0. The van der Waals surface area contributed by atoms with Crippen molar-refractivity contribution in [1.29, 1.82) is 0 Å². The third kappa shape index (κ3) is 18.5. The Labute approximate surface area is 510 Å². The van der Waals surface area contributed by atoms with E-state index in [1.54, 1.807) is 0 Å². The first-order valence-corrected chi connectivity index (χ1v) is 29.5. The molecule has 0 radical (unpaired) electrons. The molecule has 0 unspecified atom stereocenters. The normalized spacial score (nSPS) is 10.3. The summed E-state index contributed by atoms with van der Waals surface area (Å²) in [7, 11) is 18.4. The standard InChI is InChI=1S/3C9H15N.6C7H12N2/c3*1-6-7(2)9(4)10(5)8(6)3;4*1-5-6(2)9(4)7(3)8-5;2*1-5-6(2)8-9(4)7(5)3/h3*1-5H3;6*1-4H3. The Morgan fingerprint density at radius 1 is 0.167 bits per heavy atom. The smallest absolute Gasteiger partial charge is 0.105 e. The zero-order chi connectivity index (χ0) is 65.8. The fraction of sp³-hybridized carbons (Fsp3) is 0.565. The Bertz CT molecular complexity index is 2700. The first-order chi connectivity index (χ1) is 38.4. The summed E-state index contributed by atoms with van der Waals surface area (Å²) in [5.41, 5.74) is 33.8. The Morgan fingerprint density at radius 3 is 0.357 bits per heavy atom. The SMILES string of the molecule is Cc1c(C)c(C)n(C)c1C.Cc1c(C)c(C)n(C)c1C.Cc1c(C)c(C)n(C)c1C.Cc1nc(C)n(C)c1C.Cc1nc(C)n(C)c1C.Cc1nc(C)n(C)c1C.Cc1nc(C)n(C)c1C.Cc1nn(C)c(C)c1C.Cc1nn(C)c(C)c1C. The van der Waals surface area contributed by atoms with Gasteiger partial charge >= 0.3 is 0 Å². The van der Waals surface area contributed by atoms with Crippen LogP contribution >= 0.6 is 0 Å². The third-order valence-electron chi connectivity index (χ3n) is 19.1. The number of rotatable bonds is 0. The van der Waals surface area contributed by atoms with E-state index in [2.05, 4.69) is 222 Å². The summed E-state index contributed by atoms with van der Waals surface area (Å²) in [6.45, 7) is 62.9. The fourth-order valence-corrected chi connectivity index (χ4v) is 9.19. The molecule has 0 atom stereocenters. The molecule has 0 aliphatic heterocycles. The molecule has 9 aromatic rings. The van der Waals surface area contributed by atoms with Crippen LogP contribution in [-0.2, 0) is 63.4 Å². The molecule has 84 heavy (non-hydrogen) atoms. The lowest BCUT2D eigenvalue weighted by molar-refractivity contribution is 0.730. The topological polar surface area (TPSA) is 122 Å². The molecule has 0 spiro atoms. The van der Waals surface area contributed by atoms with Gasteiger partial charge in [0.25, 0.3) is 0 Å². The maximum atomic E-state index is 4.27. The van der Waals surface area contributed by atoms with Crippen LogP contribution in [0.2, 0.25) is 0 Å². The van der Waals surface area contributed by atoms with Crippen LogP contribution in [0.5, 0.6) is 0 Å². The predicted octanol–water partition coefficient (Wildman–Crippen LogP) is 14.8. The van der Waals surface area contributed by atoms with Gasteiger partial charge in [0.2, 0.25) is 0 Å². The van der Waals surface area contributed by atoms with Gasteiger partial charge in [-0.05, 0) is 252 Å². The highest BCUT2D eigenvalue weighted by atomic mass is 15.3. The van der Waals surface area contributed by atoms with Crippen LogP contribution in [0, 0.1) is 208 Å². The quantitative estimate of drug-likeness (QED) is 0.149. The minimum absolute atomic E-state index is 1.09. The highest BCUT2D eigenvalue weighted by Crippen LogP contribution is 2.20. The van der Waals surface area contributed by atoms with Crippen LogP contribution in [0.1, 0.15) is 170 Å². The molecule has 15 heteroatoms. The molecule has 0 saturated heterocycles. The minimum Gasteiger partial charge on any atom is -0.352 e. The lowest BCUT2D eigenvalue weighted by Gasteiger charge is -1.98. The van der Waals surface area contributed by atoms with Gasteiger partial charge < -0.3 is 32.0 Å². The summed E-state index contributed by atoms with van der Waals surface area (Å²) in [5.74, 6) is 4.35. The number of aryl methyl sites for hydroxylation is 12. The highest BCUT2D eigenvalue weighted by Gasteiger charge is 2.10. The van der Waals surface area contributed by atoms with Crippen molar-refractivity contribution in [2.75, 3.05) is 0 Å². The van der Waals surface area contributed by atoms with E-state index in [1.165, 1.54) is 113 Å². The van der Waals surface area contributed by atoms with Crippen molar-refractivity contribution in [1.82, 2.24) is 71.5 Å². The molecular formula is C69H117N15. The van der Waals surface area contributed by atoms with Crippen LogP contribution < -0.4 is 0 Å². The van der Waals surface area contributed by atoms with Gasteiger partial charge in [0, 0.05) is 132 Å². The van der Waals surface area contributed by atoms with E-state index in [0.717, 1.165) is 57.5 Å². The average molecular weight is 1160 g/mol. The van der Waals surface area contributed by atoms with E-state index in [-0.39, 0.29) is 0 Å². The van der Waals surface area contributed by atoms with Gasteiger partial charge in [-0.3, -0.25) is 9.36 Å². The lowest BCUT2D eigenvalue weighted by Crippen LogP contribution is -1.92. The molecule has 9 heterocycles. The molecule has 0 aliphatic rings. The van der Waals surface area contributed by atoms with E-state index < -0.39 is 0 Å². The third-order valence-corrected chi connectivity index (χ3v) is 19.1. The van der Waals surface area contributed by atoms with E-state index in [9.17, 15) is 0 Å². The Kier molecular flexibility index (Phi) is 28.5. The number of imidazole rings is 4. The molecule has 0 aliphatic carbocycles. The zero-order valence-electron chi connectivity index (χ0n) is 60.7. The van der Waals surface area contributed by atoms with Gasteiger partial charge in [0.15, 0.2) is 0 Å². The Hall–Kier alpha value is -6.90. The maximum absolute atomic E-state index is 4.27. The summed E-state index contributed by atoms with van der Waals surface area (Å²) in [6, 6.07) is 0. The number of hydrogen-bond acceptors (Lipinski definition) is 6. The monoisotopic (exact) mass is 1160 g/mol.